The number of nitrogens with zero attached hydrogens (tertiary/aromatic N) is 2. The van der Waals surface area contributed by atoms with E-state index in [0.717, 1.165) is 26.1 Å². The molecule has 2 N–H and O–H groups in total. The summed E-state index contributed by atoms with van der Waals surface area (Å²) in [6.45, 7) is 5.57. The van der Waals surface area contributed by atoms with E-state index in [1.54, 1.807) is 0 Å². The molecule has 1 fully saturated rings. The van der Waals surface area contributed by atoms with Crippen molar-refractivity contribution in [3.63, 3.8) is 0 Å². The van der Waals surface area contributed by atoms with E-state index in [4.69, 9.17) is 5.73 Å². The zero-order chi connectivity index (χ0) is 12.9. The largest absolute Gasteiger partial charge is 0.404 e. The summed E-state index contributed by atoms with van der Waals surface area (Å²) < 4.78 is 38.5. The van der Waals surface area contributed by atoms with Gasteiger partial charge in [-0.2, -0.15) is 13.2 Å². The Hall–Kier alpha value is -0.330. The first-order valence-electron chi connectivity index (χ1n) is 6.22. The fraction of sp³-hybridized carbons (Fsp3) is 1.00. The number of hydrogen-bond donors (Lipinski definition) is 1. The van der Waals surface area contributed by atoms with Crippen LogP contribution in [0.25, 0.3) is 0 Å². The highest BCUT2D eigenvalue weighted by molar-refractivity contribution is 4.83. The van der Waals surface area contributed by atoms with Crippen molar-refractivity contribution in [2.45, 2.75) is 32.0 Å². The van der Waals surface area contributed by atoms with E-state index in [2.05, 4.69) is 11.8 Å². The van der Waals surface area contributed by atoms with Crippen molar-refractivity contribution >= 4 is 0 Å². The van der Waals surface area contributed by atoms with Crippen molar-refractivity contribution in [3.8, 4) is 0 Å². The van der Waals surface area contributed by atoms with E-state index in [1.165, 1.54) is 4.90 Å². The third-order valence-electron chi connectivity index (χ3n) is 3.21. The van der Waals surface area contributed by atoms with Crippen molar-refractivity contribution in [1.29, 1.82) is 0 Å². The number of piperazine rings is 1. The van der Waals surface area contributed by atoms with Gasteiger partial charge in [-0.15, -0.1) is 0 Å². The summed E-state index contributed by atoms with van der Waals surface area (Å²) in [5.41, 5.74) is 5.27. The van der Waals surface area contributed by atoms with Crippen molar-refractivity contribution in [3.05, 3.63) is 0 Å². The zero-order valence-electron chi connectivity index (χ0n) is 10.3. The van der Waals surface area contributed by atoms with Crippen LogP contribution in [0.5, 0.6) is 0 Å². The van der Waals surface area contributed by atoms with Gasteiger partial charge in [0.15, 0.2) is 0 Å². The maximum Gasteiger partial charge on any atom is 0.404 e. The zero-order valence-corrected chi connectivity index (χ0v) is 10.3. The molecule has 0 bridgehead atoms. The minimum atomic E-state index is -4.16. The molecular weight excluding hydrogens is 231 g/mol. The summed E-state index contributed by atoms with van der Waals surface area (Å²) in [6, 6.07) is -1.36. The van der Waals surface area contributed by atoms with Gasteiger partial charge in [0, 0.05) is 26.2 Å². The molecule has 0 aromatic rings. The van der Waals surface area contributed by atoms with Gasteiger partial charge in [0.05, 0.1) is 0 Å². The number of hydrogen-bond acceptors (Lipinski definition) is 3. The highest BCUT2D eigenvalue weighted by Crippen LogP contribution is 2.27. The summed E-state index contributed by atoms with van der Waals surface area (Å²) in [6.07, 6.45) is -3.12. The van der Waals surface area contributed by atoms with Crippen LogP contribution in [-0.2, 0) is 0 Å². The second kappa shape index (κ2) is 6.56. The first kappa shape index (κ1) is 14.7. The van der Waals surface area contributed by atoms with E-state index in [-0.39, 0.29) is 13.0 Å². The molecule has 0 radical (unpaired) electrons. The molecule has 0 amide bonds. The van der Waals surface area contributed by atoms with E-state index in [0.29, 0.717) is 13.1 Å². The fourth-order valence-corrected chi connectivity index (χ4v) is 2.33. The summed E-state index contributed by atoms with van der Waals surface area (Å²) in [7, 11) is 0. The minimum Gasteiger partial charge on any atom is -0.330 e. The van der Waals surface area contributed by atoms with Crippen molar-refractivity contribution in [1.82, 2.24) is 9.80 Å². The van der Waals surface area contributed by atoms with Gasteiger partial charge in [0.1, 0.15) is 6.04 Å². The first-order valence-corrected chi connectivity index (χ1v) is 6.22. The Bertz CT molecular complexity index is 212. The lowest BCUT2D eigenvalue weighted by Crippen LogP contribution is -2.55. The van der Waals surface area contributed by atoms with Crippen LogP contribution in [-0.4, -0.2) is 61.3 Å². The topological polar surface area (TPSA) is 32.5 Å². The van der Waals surface area contributed by atoms with Crippen LogP contribution in [0.1, 0.15) is 19.8 Å². The van der Waals surface area contributed by atoms with Gasteiger partial charge in [-0.25, -0.2) is 0 Å². The molecule has 17 heavy (non-hydrogen) atoms. The Labute approximate surface area is 101 Å². The van der Waals surface area contributed by atoms with Gasteiger partial charge in [-0.3, -0.25) is 4.90 Å². The number of alkyl halides is 3. The Balaban J connectivity index is 2.49. The van der Waals surface area contributed by atoms with Crippen LogP contribution >= 0.6 is 0 Å². The molecule has 102 valence electrons. The molecule has 0 aromatic carbocycles. The molecule has 0 spiro atoms. The molecule has 1 heterocycles. The molecule has 3 nitrogen and oxygen atoms in total. The van der Waals surface area contributed by atoms with Gasteiger partial charge in [0.25, 0.3) is 0 Å². The number of nitrogens with two attached hydrogens (primary N) is 1. The van der Waals surface area contributed by atoms with Gasteiger partial charge in [0.2, 0.25) is 0 Å². The molecule has 0 saturated carbocycles. The van der Waals surface area contributed by atoms with Crippen LogP contribution < -0.4 is 5.73 Å². The van der Waals surface area contributed by atoms with E-state index >= 15 is 0 Å². The van der Waals surface area contributed by atoms with E-state index in [1.807, 2.05) is 0 Å². The Morgan fingerprint density at radius 1 is 1.18 bits per heavy atom. The average molecular weight is 253 g/mol. The van der Waals surface area contributed by atoms with Crippen LogP contribution in [0.4, 0.5) is 13.2 Å². The molecule has 0 aromatic heterocycles. The van der Waals surface area contributed by atoms with Crippen LogP contribution in [0.3, 0.4) is 0 Å². The van der Waals surface area contributed by atoms with Crippen LogP contribution in [0, 0.1) is 0 Å². The molecule has 1 aliphatic heterocycles. The van der Waals surface area contributed by atoms with Crippen molar-refractivity contribution in [2.24, 2.45) is 5.73 Å². The Kier molecular flexibility index (Phi) is 5.69. The molecule has 0 aliphatic carbocycles. The van der Waals surface area contributed by atoms with E-state index in [9.17, 15) is 13.2 Å². The molecule has 1 saturated heterocycles. The summed E-state index contributed by atoms with van der Waals surface area (Å²) >= 11 is 0. The second-order valence-electron chi connectivity index (χ2n) is 4.51. The molecule has 1 unspecified atom stereocenters. The SMILES string of the molecule is CCCN1CCN(C(CCN)C(F)(F)F)CC1. The second-order valence-corrected chi connectivity index (χ2v) is 4.51. The van der Waals surface area contributed by atoms with Crippen LogP contribution in [0.15, 0.2) is 0 Å². The maximum atomic E-state index is 12.8. The smallest absolute Gasteiger partial charge is 0.330 e. The molecule has 1 atom stereocenters. The summed E-state index contributed by atoms with van der Waals surface area (Å²) in [5, 5.41) is 0. The predicted octanol–water partition coefficient (Wildman–Crippen LogP) is 1.29. The minimum absolute atomic E-state index is 0.00270. The standard InChI is InChI=1S/C11H22F3N3/c1-2-5-16-6-8-17(9-7-16)10(3-4-15)11(12,13)14/h10H,2-9,15H2,1H3. The van der Waals surface area contributed by atoms with Crippen molar-refractivity contribution < 1.29 is 13.2 Å². The van der Waals surface area contributed by atoms with Gasteiger partial charge in [-0.05, 0) is 25.9 Å². The molecule has 1 aliphatic rings. The highest BCUT2D eigenvalue weighted by Gasteiger charge is 2.43. The lowest BCUT2D eigenvalue weighted by Gasteiger charge is -2.39. The normalized spacial score (nSPS) is 21.7. The number of halogens is 3. The van der Waals surface area contributed by atoms with Gasteiger partial charge >= 0.3 is 6.18 Å². The average Bonchev–Trinajstić information content (AvgIpc) is 2.26. The maximum absolute atomic E-state index is 12.8. The number of rotatable bonds is 5. The first-order chi connectivity index (χ1) is 7.99. The molecule has 6 heteroatoms. The summed E-state index contributed by atoms with van der Waals surface area (Å²) in [5.74, 6) is 0. The van der Waals surface area contributed by atoms with Gasteiger partial charge < -0.3 is 10.6 Å². The predicted molar refractivity (Wildman–Crippen MR) is 61.8 cm³/mol. The fourth-order valence-electron chi connectivity index (χ4n) is 2.33. The molecular formula is C11H22F3N3. The monoisotopic (exact) mass is 253 g/mol. The van der Waals surface area contributed by atoms with Crippen LogP contribution in [0.2, 0.25) is 0 Å². The highest BCUT2D eigenvalue weighted by atomic mass is 19.4. The third kappa shape index (κ3) is 4.44. The quantitative estimate of drug-likeness (QED) is 0.801. The van der Waals surface area contributed by atoms with Gasteiger partial charge in [-0.1, -0.05) is 6.92 Å². The molecule has 1 rings (SSSR count). The lowest BCUT2D eigenvalue weighted by molar-refractivity contribution is -0.188. The Morgan fingerprint density at radius 3 is 2.18 bits per heavy atom. The van der Waals surface area contributed by atoms with E-state index < -0.39 is 12.2 Å². The summed E-state index contributed by atoms with van der Waals surface area (Å²) in [4.78, 5) is 3.74. The lowest BCUT2D eigenvalue weighted by atomic mass is 10.1. The Morgan fingerprint density at radius 2 is 1.76 bits per heavy atom. The third-order valence-corrected chi connectivity index (χ3v) is 3.21. The van der Waals surface area contributed by atoms with Crippen molar-refractivity contribution in [2.75, 3.05) is 39.3 Å².